The first-order valence-electron chi connectivity index (χ1n) is 10.0. The number of allylic oxidation sites excluding steroid dienone is 1. The van der Waals surface area contributed by atoms with Crippen molar-refractivity contribution >= 4 is 23.0 Å². The molecule has 2 aromatic carbocycles. The number of rotatable bonds is 4. The lowest BCUT2D eigenvalue weighted by Crippen LogP contribution is -2.32. The molecule has 0 aliphatic heterocycles. The van der Waals surface area contributed by atoms with Crippen LogP contribution in [0.3, 0.4) is 0 Å². The Morgan fingerprint density at radius 3 is 2.31 bits per heavy atom. The lowest BCUT2D eigenvalue weighted by molar-refractivity contribution is -0.125. The van der Waals surface area contributed by atoms with Crippen molar-refractivity contribution < 1.29 is 4.79 Å². The van der Waals surface area contributed by atoms with E-state index in [4.69, 9.17) is 0 Å². The first-order valence-corrected chi connectivity index (χ1v) is 10.0. The number of ketones is 1. The molecule has 2 aliphatic carbocycles. The average Bonchev–Trinajstić information content (AvgIpc) is 3.05. The van der Waals surface area contributed by atoms with Crippen LogP contribution in [0.4, 0.5) is 11.4 Å². The van der Waals surface area contributed by atoms with Crippen LogP contribution < -0.4 is 5.43 Å². The Hall–Kier alpha value is -3.08. The highest BCUT2D eigenvalue weighted by Crippen LogP contribution is 2.65. The smallest absolute Gasteiger partial charge is 0.194 e. The van der Waals surface area contributed by atoms with Gasteiger partial charge in [0.25, 0.3) is 0 Å². The number of amidine groups is 1. The molecule has 0 aromatic heterocycles. The topological polar surface area (TPSA) is 66.2 Å². The number of nitrogens with one attached hydrogen (secondary N) is 1. The Kier molecular flexibility index (Phi) is 4.91. The van der Waals surface area contributed by atoms with Gasteiger partial charge in [-0.3, -0.25) is 10.2 Å². The summed E-state index contributed by atoms with van der Waals surface area (Å²) in [7, 11) is 0. The Morgan fingerprint density at radius 2 is 1.69 bits per heavy atom. The molecule has 2 aliphatic rings. The number of nitrogens with zero attached hydrogens (tertiary/aromatic N) is 3. The second-order valence-electron chi connectivity index (χ2n) is 8.56. The fourth-order valence-corrected chi connectivity index (χ4v) is 4.55. The van der Waals surface area contributed by atoms with Gasteiger partial charge in [-0.15, -0.1) is 10.2 Å². The van der Waals surface area contributed by atoms with E-state index in [1.165, 1.54) is 0 Å². The van der Waals surface area contributed by atoms with Crippen molar-refractivity contribution in [2.24, 2.45) is 32.1 Å². The minimum Gasteiger partial charge on any atom is -0.294 e. The fraction of sp³-hybridized carbons (Fsp3) is 0.333. The normalized spacial score (nSPS) is 27.1. The molecule has 0 unspecified atom stereocenters. The summed E-state index contributed by atoms with van der Waals surface area (Å²) in [5.41, 5.74) is 5.08. The highest BCUT2D eigenvalue weighted by atomic mass is 16.1. The largest absolute Gasteiger partial charge is 0.294 e. The number of para-hydroxylation sites is 1. The number of hydrazone groups is 1. The van der Waals surface area contributed by atoms with Crippen LogP contribution in [0.2, 0.25) is 0 Å². The van der Waals surface area contributed by atoms with Crippen LogP contribution in [0.25, 0.3) is 0 Å². The number of anilines is 1. The van der Waals surface area contributed by atoms with Crippen LogP contribution in [0.1, 0.15) is 33.6 Å². The van der Waals surface area contributed by atoms with E-state index >= 15 is 0 Å². The highest BCUT2D eigenvalue weighted by Gasteiger charge is 2.63. The highest BCUT2D eigenvalue weighted by molar-refractivity contribution is 6.10. The quantitative estimate of drug-likeness (QED) is 0.225. The zero-order valence-electron chi connectivity index (χ0n) is 17.1. The number of fused-ring (bicyclic) bond motifs is 2. The van der Waals surface area contributed by atoms with Gasteiger partial charge < -0.3 is 0 Å². The molecule has 29 heavy (non-hydrogen) atoms. The molecule has 0 amide bonds. The second-order valence-corrected chi connectivity index (χ2v) is 8.56. The van der Waals surface area contributed by atoms with Gasteiger partial charge in [-0.25, -0.2) is 0 Å². The van der Waals surface area contributed by atoms with Crippen molar-refractivity contribution in [3.63, 3.8) is 0 Å². The summed E-state index contributed by atoms with van der Waals surface area (Å²) in [6.07, 6.45) is 3.79. The molecular weight excluding hydrogens is 360 g/mol. The molecule has 0 spiro atoms. The van der Waals surface area contributed by atoms with E-state index in [0.717, 1.165) is 29.8 Å². The molecule has 2 aromatic rings. The number of Topliss-reactive ketones (excluding diaryl/α,β-unsaturated/α-hetero) is 1. The molecule has 0 radical (unpaired) electrons. The monoisotopic (exact) mass is 386 g/mol. The van der Waals surface area contributed by atoms with Crippen LogP contribution in [0.5, 0.6) is 0 Å². The Morgan fingerprint density at radius 1 is 1.03 bits per heavy atom. The molecule has 0 saturated heterocycles. The van der Waals surface area contributed by atoms with Gasteiger partial charge >= 0.3 is 0 Å². The molecular formula is C24H26N4O. The van der Waals surface area contributed by atoms with E-state index < -0.39 is 0 Å². The second kappa shape index (κ2) is 7.39. The zero-order valence-corrected chi connectivity index (χ0v) is 17.1. The van der Waals surface area contributed by atoms with Crippen molar-refractivity contribution in [2.75, 3.05) is 5.43 Å². The van der Waals surface area contributed by atoms with E-state index in [1.54, 1.807) is 0 Å². The maximum Gasteiger partial charge on any atom is 0.194 e. The molecule has 1 N–H and O–H groups in total. The van der Waals surface area contributed by atoms with Gasteiger partial charge in [-0.05, 0) is 54.5 Å². The van der Waals surface area contributed by atoms with Gasteiger partial charge in [0.1, 0.15) is 0 Å². The minimum absolute atomic E-state index is 0.0511. The Labute approximate surface area is 171 Å². The van der Waals surface area contributed by atoms with Gasteiger partial charge in [0.15, 0.2) is 11.6 Å². The molecule has 2 bridgehead atoms. The first kappa shape index (κ1) is 19.2. The van der Waals surface area contributed by atoms with E-state index in [9.17, 15) is 4.79 Å². The SMILES string of the molecule is CC1(C)[C@@H]2CC[C@@]1(C)C(=O)/C2=C\C(N=Nc1ccccc1)=N\Nc1ccccc1. The van der Waals surface area contributed by atoms with Gasteiger partial charge in [0, 0.05) is 11.0 Å². The number of hydrogen-bond donors (Lipinski definition) is 1. The predicted octanol–water partition coefficient (Wildman–Crippen LogP) is 6.15. The van der Waals surface area contributed by atoms with Crippen molar-refractivity contribution in [2.45, 2.75) is 33.6 Å². The van der Waals surface area contributed by atoms with Crippen molar-refractivity contribution in [3.05, 3.63) is 72.3 Å². The van der Waals surface area contributed by atoms with E-state index in [0.29, 0.717) is 5.84 Å². The van der Waals surface area contributed by atoms with E-state index in [2.05, 4.69) is 41.5 Å². The van der Waals surface area contributed by atoms with E-state index in [1.807, 2.05) is 66.7 Å². The summed E-state index contributed by atoms with van der Waals surface area (Å²) >= 11 is 0. The Bertz CT molecular complexity index is 992. The molecule has 5 heteroatoms. The number of hydrogen-bond acceptors (Lipinski definition) is 4. The first-order chi connectivity index (χ1) is 13.9. The predicted molar refractivity (Wildman–Crippen MR) is 116 cm³/mol. The van der Waals surface area contributed by atoms with Crippen LogP contribution in [-0.2, 0) is 4.79 Å². The standard InChI is InChI=1S/C24H26N4O/c1-23(2)20-14-15-24(23,3)22(29)19(20)16-21(27-25-17-10-6-4-7-11-17)28-26-18-12-8-5-9-13-18/h4-13,16,20,25H,14-15H2,1-3H3/b19-16-,27-21-,28-26?/t20-,24+/m1/s1. The zero-order chi connectivity index (χ0) is 20.5. The van der Waals surface area contributed by atoms with Crippen molar-refractivity contribution in [1.82, 2.24) is 0 Å². The average molecular weight is 386 g/mol. The van der Waals surface area contributed by atoms with Crippen molar-refractivity contribution in [1.29, 1.82) is 0 Å². The van der Waals surface area contributed by atoms with Crippen molar-refractivity contribution in [3.8, 4) is 0 Å². The molecule has 4 rings (SSSR count). The van der Waals surface area contributed by atoms with Gasteiger partial charge in [0.2, 0.25) is 0 Å². The molecule has 2 fully saturated rings. The summed E-state index contributed by atoms with van der Waals surface area (Å²) in [4.78, 5) is 13.2. The summed E-state index contributed by atoms with van der Waals surface area (Å²) in [5.74, 6) is 0.850. The lowest BCUT2D eigenvalue weighted by atomic mass is 9.70. The van der Waals surface area contributed by atoms with Crippen LogP contribution in [0, 0.1) is 16.7 Å². The number of azo groups is 1. The van der Waals surface area contributed by atoms with Gasteiger partial charge in [0.05, 0.1) is 11.4 Å². The third-order valence-electron chi connectivity index (χ3n) is 6.75. The van der Waals surface area contributed by atoms with E-state index in [-0.39, 0.29) is 22.5 Å². The molecule has 5 nitrogen and oxygen atoms in total. The summed E-state index contributed by atoms with van der Waals surface area (Å²) < 4.78 is 0. The molecule has 148 valence electrons. The number of carbonyl (C=O) groups excluding carboxylic acids is 1. The third-order valence-corrected chi connectivity index (χ3v) is 6.75. The summed E-state index contributed by atoms with van der Waals surface area (Å²) in [5, 5.41) is 13.1. The minimum atomic E-state index is -0.307. The number of carbonyl (C=O) groups is 1. The molecule has 0 heterocycles. The van der Waals surface area contributed by atoms with Crippen LogP contribution in [-0.4, -0.2) is 11.6 Å². The fourth-order valence-electron chi connectivity index (χ4n) is 4.55. The summed E-state index contributed by atoms with van der Waals surface area (Å²) in [6.45, 7) is 6.50. The van der Waals surface area contributed by atoms with Crippen LogP contribution in [0.15, 0.2) is 87.6 Å². The van der Waals surface area contributed by atoms with Gasteiger partial charge in [-0.2, -0.15) is 5.10 Å². The Balaban J connectivity index is 1.68. The third kappa shape index (κ3) is 3.41. The maximum atomic E-state index is 13.2. The lowest BCUT2D eigenvalue weighted by Gasteiger charge is -2.31. The number of benzene rings is 2. The maximum absolute atomic E-state index is 13.2. The summed E-state index contributed by atoms with van der Waals surface area (Å²) in [6, 6.07) is 19.2. The molecule has 2 atom stereocenters. The van der Waals surface area contributed by atoms with Crippen LogP contribution >= 0.6 is 0 Å². The molecule has 2 saturated carbocycles. The van der Waals surface area contributed by atoms with Gasteiger partial charge in [-0.1, -0.05) is 57.2 Å².